The van der Waals surface area contributed by atoms with Gasteiger partial charge in [-0.25, -0.2) is 9.78 Å². The molecule has 5 rings (SSSR count). The molecular weight excluding hydrogens is 274 g/mol. The van der Waals surface area contributed by atoms with E-state index in [4.69, 9.17) is 6.42 Å². The molecule has 0 unspecified atom stereocenters. The summed E-state index contributed by atoms with van der Waals surface area (Å²) >= 11 is 0. The summed E-state index contributed by atoms with van der Waals surface area (Å²) in [5.74, 6) is 3.15. The second-order valence-electron chi connectivity index (χ2n) is 5.90. The van der Waals surface area contributed by atoms with Gasteiger partial charge in [-0.05, 0) is 42.2 Å². The fourth-order valence-electron chi connectivity index (χ4n) is 2.71. The highest BCUT2D eigenvalue weighted by atomic mass is 16.2. The predicted octanol–water partition coefficient (Wildman–Crippen LogP) is 2.79. The number of fused-ring (bicyclic) bond motifs is 1. The van der Waals surface area contributed by atoms with E-state index in [1.54, 1.807) is 23.2 Å². The van der Waals surface area contributed by atoms with Gasteiger partial charge in [0.2, 0.25) is 0 Å². The molecule has 22 heavy (non-hydrogen) atoms. The van der Waals surface area contributed by atoms with Gasteiger partial charge in [-0.1, -0.05) is 24.1 Å². The Hall–Kier alpha value is -2.80. The van der Waals surface area contributed by atoms with E-state index in [9.17, 15) is 4.79 Å². The molecule has 1 N–H and O–H groups in total. The van der Waals surface area contributed by atoms with E-state index in [1.165, 1.54) is 11.1 Å². The van der Waals surface area contributed by atoms with E-state index in [0.29, 0.717) is 17.9 Å². The van der Waals surface area contributed by atoms with Crippen molar-refractivity contribution in [2.45, 2.75) is 18.4 Å². The van der Waals surface area contributed by atoms with E-state index in [-0.39, 0.29) is 11.6 Å². The number of carbonyl (C=O) groups is 1. The van der Waals surface area contributed by atoms with Crippen molar-refractivity contribution in [2.75, 3.05) is 11.4 Å². The zero-order valence-corrected chi connectivity index (χ0v) is 12.0. The van der Waals surface area contributed by atoms with Gasteiger partial charge >= 0.3 is 6.03 Å². The monoisotopic (exact) mass is 289 g/mol. The third-order valence-electron chi connectivity index (χ3n) is 4.24. The smallest absolute Gasteiger partial charge is 0.323 e. The quantitative estimate of drug-likeness (QED) is 0.700. The van der Waals surface area contributed by atoms with Crippen molar-refractivity contribution >= 4 is 11.8 Å². The Morgan fingerprint density at radius 1 is 1.23 bits per heavy atom. The molecule has 1 aliphatic heterocycles. The first kappa shape index (κ1) is 12.9. The van der Waals surface area contributed by atoms with Gasteiger partial charge in [0.15, 0.2) is 5.82 Å². The first-order valence-electron chi connectivity index (χ1n) is 7.33. The van der Waals surface area contributed by atoms with E-state index in [2.05, 4.69) is 40.5 Å². The Morgan fingerprint density at radius 2 is 2.00 bits per heavy atom. The molecule has 2 fully saturated rings. The van der Waals surface area contributed by atoms with Crippen molar-refractivity contribution < 1.29 is 4.79 Å². The summed E-state index contributed by atoms with van der Waals surface area (Å²) in [5.41, 5.74) is 3.51. The number of rotatable bonds is 1. The highest BCUT2D eigenvalue weighted by molar-refractivity contribution is 5.96. The number of nitrogens with zero attached hydrogens (tertiary/aromatic N) is 2. The molecular formula is C18H15N3O. The van der Waals surface area contributed by atoms with Gasteiger partial charge < -0.3 is 5.32 Å². The van der Waals surface area contributed by atoms with Crippen LogP contribution < -0.4 is 10.2 Å². The number of benzene rings is 1. The fourth-order valence-corrected chi connectivity index (χ4v) is 2.71. The third kappa shape index (κ3) is 2.21. The Bertz CT molecular complexity index is 785. The molecule has 1 spiro atoms. The van der Waals surface area contributed by atoms with Crippen LogP contribution in [0, 0.1) is 12.3 Å². The van der Waals surface area contributed by atoms with Crippen molar-refractivity contribution in [2.24, 2.45) is 0 Å². The zero-order valence-electron chi connectivity index (χ0n) is 12.0. The van der Waals surface area contributed by atoms with Crippen LogP contribution in [0.25, 0.3) is 11.1 Å². The van der Waals surface area contributed by atoms with Crippen LogP contribution in [0.15, 0.2) is 42.6 Å². The van der Waals surface area contributed by atoms with Crippen molar-refractivity contribution in [3.63, 3.8) is 0 Å². The molecule has 0 bridgehead atoms. The molecule has 1 aromatic rings. The van der Waals surface area contributed by atoms with Crippen LogP contribution in [0.3, 0.4) is 0 Å². The number of anilines is 1. The maximum absolute atomic E-state index is 11.8. The Morgan fingerprint density at radius 3 is 2.50 bits per heavy atom. The molecule has 0 aromatic carbocycles. The molecule has 2 amide bonds. The van der Waals surface area contributed by atoms with Crippen LogP contribution in [-0.4, -0.2) is 23.1 Å². The minimum absolute atomic E-state index is 0.000470. The van der Waals surface area contributed by atoms with Crippen molar-refractivity contribution in [1.82, 2.24) is 10.3 Å². The highest BCUT2D eigenvalue weighted by Gasteiger charge is 2.52. The molecule has 0 radical (unpaired) electrons. The van der Waals surface area contributed by atoms with Gasteiger partial charge in [0.05, 0.1) is 17.6 Å². The fraction of sp³-hybridized carbons (Fsp3) is 0.222. The van der Waals surface area contributed by atoms with Crippen LogP contribution in [-0.2, 0) is 0 Å². The van der Waals surface area contributed by atoms with Gasteiger partial charge in [-0.15, -0.1) is 6.42 Å². The second-order valence-corrected chi connectivity index (χ2v) is 5.90. The lowest BCUT2D eigenvalue weighted by Gasteiger charge is -2.14. The number of urea groups is 1. The van der Waals surface area contributed by atoms with Crippen LogP contribution in [0.5, 0.6) is 0 Å². The van der Waals surface area contributed by atoms with Crippen LogP contribution in [0.4, 0.5) is 10.6 Å². The number of nitrogens with one attached hydrogen (secondary N) is 1. The van der Waals surface area contributed by atoms with Crippen molar-refractivity contribution in [3.8, 4) is 23.5 Å². The second kappa shape index (κ2) is 4.60. The van der Waals surface area contributed by atoms with Crippen LogP contribution in [0.1, 0.15) is 18.4 Å². The Labute approximate surface area is 129 Å². The number of amides is 2. The minimum atomic E-state index is -0.0901. The molecule has 4 aliphatic rings. The summed E-state index contributed by atoms with van der Waals surface area (Å²) in [7, 11) is 0. The number of hydrogen-bond donors (Lipinski definition) is 1. The zero-order chi connectivity index (χ0) is 15.2. The normalized spacial score (nSPS) is 18.1. The summed E-state index contributed by atoms with van der Waals surface area (Å²) in [6.07, 6.45) is 9.15. The molecule has 4 nitrogen and oxygen atoms in total. The van der Waals surface area contributed by atoms with E-state index in [0.717, 1.165) is 12.8 Å². The first-order chi connectivity index (χ1) is 10.7. The molecule has 1 aromatic heterocycles. The molecule has 108 valence electrons. The summed E-state index contributed by atoms with van der Waals surface area (Å²) in [6.45, 7) is 0.678. The lowest BCUT2D eigenvalue weighted by molar-refractivity contribution is 0.250. The SMILES string of the molecule is C#Cc1cccnc1N1CC2(CC2)NC1=O.c1cc2cc-2c1. The van der Waals surface area contributed by atoms with Crippen molar-refractivity contribution in [1.29, 1.82) is 0 Å². The lowest BCUT2D eigenvalue weighted by atomic mass is 10.2. The standard InChI is InChI=1S/C12H11N3O.C6H4/c1-2-9-4-3-7-13-10(9)15-8-12(5-6-12)14-11(15)16;1-2-5-4-6(5)3-1/h1,3-4,7H,5-6,8H2,(H,14,16);1-4H. The number of carbonyl (C=O) groups excluding carboxylic acids is 1. The average molecular weight is 289 g/mol. The summed E-state index contributed by atoms with van der Waals surface area (Å²) in [5, 5.41) is 2.98. The maximum atomic E-state index is 11.8. The maximum Gasteiger partial charge on any atom is 0.323 e. The topological polar surface area (TPSA) is 45.2 Å². The van der Waals surface area contributed by atoms with Gasteiger partial charge in [0.25, 0.3) is 0 Å². The largest absolute Gasteiger partial charge is 0.330 e. The Balaban J connectivity index is 0.000000172. The average Bonchev–Trinajstić information content (AvgIpc) is 3.40. The number of hydrogen-bond acceptors (Lipinski definition) is 2. The molecule has 4 heteroatoms. The molecule has 2 heterocycles. The third-order valence-corrected chi connectivity index (χ3v) is 4.24. The van der Waals surface area contributed by atoms with Crippen LogP contribution in [0.2, 0.25) is 0 Å². The van der Waals surface area contributed by atoms with E-state index >= 15 is 0 Å². The van der Waals surface area contributed by atoms with Gasteiger partial charge in [-0.3, -0.25) is 4.90 Å². The van der Waals surface area contributed by atoms with E-state index in [1.807, 2.05) is 0 Å². The van der Waals surface area contributed by atoms with Gasteiger partial charge in [-0.2, -0.15) is 0 Å². The van der Waals surface area contributed by atoms with Crippen LogP contribution >= 0.6 is 0 Å². The summed E-state index contributed by atoms with van der Waals surface area (Å²) in [4.78, 5) is 17.6. The van der Waals surface area contributed by atoms with E-state index < -0.39 is 0 Å². The van der Waals surface area contributed by atoms with Gasteiger partial charge in [0.1, 0.15) is 0 Å². The molecule has 1 saturated carbocycles. The number of pyridine rings is 1. The van der Waals surface area contributed by atoms with Gasteiger partial charge in [0, 0.05) is 6.20 Å². The summed E-state index contributed by atoms with van der Waals surface area (Å²) in [6, 6.07) is 12.0. The molecule has 1 saturated heterocycles. The number of aromatic nitrogens is 1. The van der Waals surface area contributed by atoms with Crippen molar-refractivity contribution in [3.05, 3.63) is 48.2 Å². The minimum Gasteiger partial charge on any atom is -0.330 e. The Kier molecular flexibility index (Phi) is 2.70. The number of terminal acetylenes is 1. The summed E-state index contributed by atoms with van der Waals surface area (Å²) < 4.78 is 0. The molecule has 3 aliphatic carbocycles. The lowest BCUT2D eigenvalue weighted by Crippen LogP contribution is -2.29. The molecule has 0 atom stereocenters. The first-order valence-corrected chi connectivity index (χ1v) is 7.33. The predicted molar refractivity (Wildman–Crippen MR) is 85.5 cm³/mol. The highest BCUT2D eigenvalue weighted by Crippen LogP contribution is 2.41.